The average Bonchev–Trinajstić information content (AvgIpc) is 2.15. The van der Waals surface area contributed by atoms with Crippen LogP contribution < -0.4 is 5.73 Å². The molecule has 1 heterocycles. The van der Waals surface area contributed by atoms with Gasteiger partial charge in [0.25, 0.3) is 0 Å². The van der Waals surface area contributed by atoms with E-state index in [0.29, 0.717) is 5.92 Å². The number of aliphatic hydroxyl groups excluding tert-OH is 1. The molecule has 0 saturated carbocycles. The van der Waals surface area contributed by atoms with Gasteiger partial charge in [-0.05, 0) is 38.9 Å². The molecule has 0 aromatic heterocycles. The summed E-state index contributed by atoms with van der Waals surface area (Å²) in [6.07, 6.45) is 2.05. The third kappa shape index (κ3) is 2.43. The molecule has 1 aliphatic heterocycles. The molecule has 1 rings (SSSR count). The molecule has 0 unspecified atom stereocenters. The molecule has 3 nitrogen and oxygen atoms in total. The molecule has 0 aromatic carbocycles. The van der Waals surface area contributed by atoms with Gasteiger partial charge in [-0.3, -0.25) is 0 Å². The Morgan fingerprint density at radius 2 is 2.09 bits per heavy atom. The summed E-state index contributed by atoms with van der Waals surface area (Å²) >= 11 is 0. The average molecular weight is 158 g/mol. The van der Waals surface area contributed by atoms with Crippen LogP contribution in [0.4, 0.5) is 0 Å². The van der Waals surface area contributed by atoms with E-state index in [2.05, 4.69) is 11.9 Å². The van der Waals surface area contributed by atoms with E-state index in [4.69, 9.17) is 10.8 Å². The number of rotatable bonds is 1. The molecule has 0 amide bonds. The highest BCUT2D eigenvalue weighted by molar-refractivity contribution is 4.77. The van der Waals surface area contributed by atoms with Crippen molar-refractivity contribution in [3.8, 4) is 0 Å². The van der Waals surface area contributed by atoms with E-state index in [1.165, 1.54) is 0 Å². The minimum atomic E-state index is 0.199. The molecule has 1 aliphatic rings. The summed E-state index contributed by atoms with van der Waals surface area (Å²) < 4.78 is 0. The smallest absolute Gasteiger partial charge is 0.0474 e. The van der Waals surface area contributed by atoms with Crippen molar-refractivity contribution in [2.24, 2.45) is 11.7 Å². The van der Waals surface area contributed by atoms with Gasteiger partial charge < -0.3 is 15.7 Å². The Labute approximate surface area is 68.2 Å². The Balaban J connectivity index is 2.41. The van der Waals surface area contributed by atoms with Gasteiger partial charge >= 0.3 is 0 Å². The fourth-order valence-corrected chi connectivity index (χ4v) is 1.54. The third-order valence-electron chi connectivity index (χ3n) is 2.57. The predicted molar refractivity (Wildman–Crippen MR) is 45.3 cm³/mol. The molecule has 0 aromatic rings. The van der Waals surface area contributed by atoms with Gasteiger partial charge in [0, 0.05) is 12.6 Å². The minimum absolute atomic E-state index is 0.199. The highest BCUT2D eigenvalue weighted by Gasteiger charge is 2.20. The van der Waals surface area contributed by atoms with Crippen LogP contribution in [-0.2, 0) is 0 Å². The van der Waals surface area contributed by atoms with Gasteiger partial charge in [0.1, 0.15) is 0 Å². The lowest BCUT2D eigenvalue weighted by Crippen LogP contribution is -2.32. The van der Waals surface area contributed by atoms with Crippen molar-refractivity contribution in [3.05, 3.63) is 0 Å². The van der Waals surface area contributed by atoms with E-state index in [9.17, 15) is 0 Å². The maximum atomic E-state index is 8.97. The quantitative estimate of drug-likeness (QED) is 0.548. The number of nitrogens with zero attached hydrogens (tertiary/aromatic N) is 1. The summed E-state index contributed by atoms with van der Waals surface area (Å²) in [5.41, 5.74) is 5.87. The van der Waals surface area contributed by atoms with E-state index in [0.717, 1.165) is 25.9 Å². The second-order valence-corrected chi connectivity index (χ2v) is 3.49. The maximum absolute atomic E-state index is 8.97. The van der Waals surface area contributed by atoms with Gasteiger partial charge in [-0.1, -0.05) is 0 Å². The Bertz CT molecular complexity index is 119. The van der Waals surface area contributed by atoms with E-state index in [1.54, 1.807) is 0 Å². The predicted octanol–water partition coefficient (Wildman–Crippen LogP) is -0.352. The van der Waals surface area contributed by atoms with Crippen LogP contribution in [0.5, 0.6) is 0 Å². The van der Waals surface area contributed by atoms with Crippen molar-refractivity contribution < 1.29 is 5.11 Å². The molecule has 3 N–H and O–H groups in total. The number of likely N-dealkylation sites (tertiary alicyclic amines) is 1. The van der Waals surface area contributed by atoms with Crippen LogP contribution in [0.3, 0.4) is 0 Å². The molecule has 0 bridgehead atoms. The van der Waals surface area contributed by atoms with Crippen molar-refractivity contribution in [2.75, 3.05) is 26.7 Å². The third-order valence-corrected chi connectivity index (χ3v) is 2.57. The first kappa shape index (κ1) is 8.97. The minimum Gasteiger partial charge on any atom is -0.396 e. The first-order valence-corrected chi connectivity index (χ1v) is 4.29. The van der Waals surface area contributed by atoms with Crippen LogP contribution in [-0.4, -0.2) is 42.8 Å². The van der Waals surface area contributed by atoms with Crippen LogP contribution >= 0.6 is 0 Å². The fourth-order valence-electron chi connectivity index (χ4n) is 1.54. The lowest BCUT2D eigenvalue weighted by Gasteiger charge is -2.17. The van der Waals surface area contributed by atoms with Gasteiger partial charge in [-0.25, -0.2) is 0 Å². The maximum Gasteiger partial charge on any atom is 0.0474 e. The summed E-state index contributed by atoms with van der Waals surface area (Å²) in [5, 5.41) is 8.97. The van der Waals surface area contributed by atoms with Gasteiger partial charge in [0.15, 0.2) is 0 Å². The van der Waals surface area contributed by atoms with Gasteiger partial charge in [0.2, 0.25) is 0 Å². The molecule has 11 heavy (non-hydrogen) atoms. The molecular formula is C8H18N2O. The zero-order chi connectivity index (χ0) is 8.27. The number of aliphatic hydroxyl groups is 1. The lowest BCUT2D eigenvalue weighted by atomic mass is 9.97. The normalized spacial score (nSPS) is 35.2. The summed E-state index contributed by atoms with van der Waals surface area (Å²) in [6.45, 7) is 2.38. The summed E-state index contributed by atoms with van der Waals surface area (Å²) in [5.74, 6) is 0.319. The number of hydrogen-bond acceptors (Lipinski definition) is 3. The van der Waals surface area contributed by atoms with Crippen LogP contribution in [0.1, 0.15) is 12.8 Å². The molecular weight excluding hydrogens is 140 g/mol. The lowest BCUT2D eigenvalue weighted by molar-refractivity contribution is 0.198. The van der Waals surface area contributed by atoms with Crippen LogP contribution in [0, 0.1) is 5.92 Å². The van der Waals surface area contributed by atoms with Gasteiger partial charge in [-0.15, -0.1) is 0 Å². The second-order valence-electron chi connectivity index (χ2n) is 3.49. The SMILES string of the molecule is CN1CC[C@H](CO)[C@H](N)CC1. The van der Waals surface area contributed by atoms with E-state index in [1.807, 2.05) is 0 Å². The Kier molecular flexibility index (Phi) is 3.30. The number of hydrogen-bond donors (Lipinski definition) is 2. The Morgan fingerprint density at radius 1 is 1.45 bits per heavy atom. The highest BCUT2D eigenvalue weighted by atomic mass is 16.3. The van der Waals surface area contributed by atoms with Crippen molar-refractivity contribution in [2.45, 2.75) is 18.9 Å². The molecule has 3 heteroatoms. The Morgan fingerprint density at radius 3 is 2.73 bits per heavy atom. The molecule has 0 aliphatic carbocycles. The monoisotopic (exact) mass is 158 g/mol. The molecule has 66 valence electrons. The zero-order valence-electron chi connectivity index (χ0n) is 7.16. The highest BCUT2D eigenvalue weighted by Crippen LogP contribution is 2.14. The van der Waals surface area contributed by atoms with Crippen molar-refractivity contribution >= 4 is 0 Å². The van der Waals surface area contributed by atoms with Crippen LogP contribution in [0.2, 0.25) is 0 Å². The first-order chi connectivity index (χ1) is 5.24. The molecule has 0 spiro atoms. The van der Waals surface area contributed by atoms with E-state index < -0.39 is 0 Å². The van der Waals surface area contributed by atoms with Crippen LogP contribution in [0.25, 0.3) is 0 Å². The second kappa shape index (κ2) is 4.04. The Hall–Kier alpha value is -0.120. The standard InChI is InChI=1S/C8H18N2O/c1-10-4-2-7(6-11)8(9)3-5-10/h7-8,11H,2-6,9H2,1H3/t7-,8-/m1/s1. The fraction of sp³-hybridized carbons (Fsp3) is 1.00. The van der Waals surface area contributed by atoms with Crippen LogP contribution in [0.15, 0.2) is 0 Å². The summed E-state index contributed by atoms with van der Waals surface area (Å²) in [4.78, 5) is 2.27. The van der Waals surface area contributed by atoms with Crippen molar-refractivity contribution in [1.82, 2.24) is 4.90 Å². The van der Waals surface area contributed by atoms with Crippen molar-refractivity contribution in [1.29, 1.82) is 0 Å². The zero-order valence-corrected chi connectivity index (χ0v) is 7.16. The van der Waals surface area contributed by atoms with Gasteiger partial charge in [-0.2, -0.15) is 0 Å². The summed E-state index contributed by atoms with van der Waals surface area (Å²) in [7, 11) is 2.10. The topological polar surface area (TPSA) is 49.5 Å². The van der Waals surface area contributed by atoms with Crippen molar-refractivity contribution in [3.63, 3.8) is 0 Å². The largest absolute Gasteiger partial charge is 0.396 e. The van der Waals surface area contributed by atoms with E-state index >= 15 is 0 Å². The molecule has 1 saturated heterocycles. The molecule has 2 atom stereocenters. The summed E-state index contributed by atoms with van der Waals surface area (Å²) in [6, 6.07) is 0.199. The first-order valence-electron chi connectivity index (χ1n) is 4.29. The number of nitrogens with two attached hydrogens (primary N) is 1. The molecule has 1 fully saturated rings. The van der Waals surface area contributed by atoms with E-state index in [-0.39, 0.29) is 12.6 Å². The van der Waals surface area contributed by atoms with Gasteiger partial charge in [0.05, 0.1) is 0 Å². The molecule has 0 radical (unpaired) electrons.